The fraction of sp³-hybridized carbons (Fsp3) is 0.462. The van der Waals surface area contributed by atoms with E-state index < -0.39 is 0 Å². The molecule has 2 rings (SSSR count). The summed E-state index contributed by atoms with van der Waals surface area (Å²) in [6.45, 7) is 3.84. The maximum absolute atomic E-state index is 5.03. The molecule has 0 saturated heterocycles. The van der Waals surface area contributed by atoms with Crippen molar-refractivity contribution < 1.29 is 4.74 Å². The van der Waals surface area contributed by atoms with E-state index >= 15 is 0 Å². The molecule has 0 aliphatic rings. The maximum Gasteiger partial charge on any atom is 0.203 e. The first kappa shape index (κ1) is 13.1. The van der Waals surface area contributed by atoms with Gasteiger partial charge in [0.05, 0.1) is 6.04 Å². The Hall–Kier alpha value is -1.33. The number of hydrogen-bond donors (Lipinski definition) is 1. The molecule has 5 heteroatoms. The van der Waals surface area contributed by atoms with Gasteiger partial charge in [-0.25, -0.2) is 4.98 Å². The summed E-state index contributed by atoms with van der Waals surface area (Å²) in [6, 6.07) is 4.56. The Labute approximate surface area is 112 Å². The van der Waals surface area contributed by atoms with Crippen LogP contribution < -0.4 is 5.32 Å². The van der Waals surface area contributed by atoms with E-state index in [4.69, 9.17) is 4.74 Å². The second-order valence-corrected chi connectivity index (χ2v) is 5.10. The smallest absolute Gasteiger partial charge is 0.203 e. The molecule has 2 heterocycles. The zero-order valence-corrected chi connectivity index (χ0v) is 11.6. The molecule has 0 bridgehead atoms. The van der Waals surface area contributed by atoms with Gasteiger partial charge in [0.15, 0.2) is 0 Å². The zero-order chi connectivity index (χ0) is 12.8. The van der Waals surface area contributed by atoms with E-state index in [0.29, 0.717) is 6.04 Å². The van der Waals surface area contributed by atoms with E-state index in [2.05, 4.69) is 39.3 Å². The van der Waals surface area contributed by atoms with Gasteiger partial charge in [0.25, 0.3) is 0 Å². The Morgan fingerprint density at radius 2 is 2.44 bits per heavy atom. The summed E-state index contributed by atoms with van der Waals surface area (Å²) in [6.07, 6.45) is 4.84. The standard InChI is InChI=1S/C13H19N3OS/c1-11(12-5-3-10-18-12)16-8-7-15-13(16)14-6-4-9-17-2/h3,5,7-8,10-11H,4,6,9H2,1-2H3,(H,14,15). The summed E-state index contributed by atoms with van der Waals surface area (Å²) in [5.74, 6) is 0.923. The molecule has 0 radical (unpaired) electrons. The maximum atomic E-state index is 5.03. The Balaban J connectivity index is 1.99. The number of imidazole rings is 1. The average Bonchev–Trinajstić information content (AvgIpc) is 3.04. The van der Waals surface area contributed by atoms with Gasteiger partial charge in [-0.3, -0.25) is 0 Å². The first-order chi connectivity index (χ1) is 8.83. The van der Waals surface area contributed by atoms with Gasteiger partial charge in [0, 0.05) is 37.5 Å². The summed E-state index contributed by atoms with van der Waals surface area (Å²) in [5, 5.41) is 5.45. The highest BCUT2D eigenvalue weighted by Gasteiger charge is 2.12. The molecule has 0 aliphatic carbocycles. The Kier molecular flexibility index (Phi) is 4.78. The van der Waals surface area contributed by atoms with Crippen molar-refractivity contribution in [2.24, 2.45) is 0 Å². The van der Waals surface area contributed by atoms with E-state index in [9.17, 15) is 0 Å². The van der Waals surface area contributed by atoms with Crippen molar-refractivity contribution in [3.8, 4) is 0 Å². The lowest BCUT2D eigenvalue weighted by atomic mass is 10.3. The van der Waals surface area contributed by atoms with Crippen LogP contribution >= 0.6 is 11.3 Å². The second kappa shape index (κ2) is 6.56. The topological polar surface area (TPSA) is 39.1 Å². The predicted molar refractivity (Wildman–Crippen MR) is 75.3 cm³/mol. The number of rotatable bonds is 7. The van der Waals surface area contributed by atoms with Crippen LogP contribution in [0.25, 0.3) is 0 Å². The van der Waals surface area contributed by atoms with Crippen molar-refractivity contribution in [1.29, 1.82) is 0 Å². The highest BCUT2D eigenvalue weighted by Crippen LogP contribution is 2.25. The van der Waals surface area contributed by atoms with Gasteiger partial charge in [-0.05, 0) is 24.8 Å². The van der Waals surface area contributed by atoms with E-state index in [1.807, 2.05) is 12.4 Å². The normalized spacial score (nSPS) is 12.6. The molecule has 1 atom stereocenters. The van der Waals surface area contributed by atoms with Crippen LogP contribution in [-0.2, 0) is 4.74 Å². The molecular weight excluding hydrogens is 246 g/mol. The molecule has 1 N–H and O–H groups in total. The molecule has 0 aromatic carbocycles. The molecular formula is C13H19N3OS. The third kappa shape index (κ3) is 3.11. The molecule has 0 spiro atoms. The second-order valence-electron chi connectivity index (χ2n) is 4.12. The van der Waals surface area contributed by atoms with E-state index in [1.165, 1.54) is 4.88 Å². The number of thiophene rings is 1. The predicted octanol–water partition coefficient (Wildman–Crippen LogP) is 3.00. The minimum absolute atomic E-state index is 0.317. The van der Waals surface area contributed by atoms with Crippen molar-refractivity contribution in [2.75, 3.05) is 25.6 Å². The third-order valence-corrected chi connectivity index (χ3v) is 3.89. The van der Waals surface area contributed by atoms with E-state index in [-0.39, 0.29) is 0 Å². The fourth-order valence-corrected chi connectivity index (χ4v) is 2.63. The van der Waals surface area contributed by atoms with Crippen molar-refractivity contribution >= 4 is 17.3 Å². The summed E-state index contributed by atoms with van der Waals surface area (Å²) in [4.78, 5) is 5.70. The number of ether oxygens (including phenoxy) is 1. The SMILES string of the molecule is COCCCNc1nccn1C(C)c1cccs1. The number of nitrogens with zero attached hydrogens (tertiary/aromatic N) is 2. The van der Waals surface area contributed by atoms with Crippen LogP contribution in [0.4, 0.5) is 5.95 Å². The van der Waals surface area contributed by atoms with Gasteiger partial charge in [-0.15, -0.1) is 11.3 Å². The van der Waals surface area contributed by atoms with Crippen LogP contribution in [0.15, 0.2) is 29.9 Å². The third-order valence-electron chi connectivity index (χ3n) is 2.85. The lowest BCUT2D eigenvalue weighted by molar-refractivity contribution is 0.197. The number of anilines is 1. The first-order valence-electron chi connectivity index (χ1n) is 6.12. The van der Waals surface area contributed by atoms with Gasteiger partial charge in [-0.2, -0.15) is 0 Å². The van der Waals surface area contributed by atoms with Crippen molar-refractivity contribution in [2.45, 2.75) is 19.4 Å². The molecule has 98 valence electrons. The Morgan fingerprint density at radius 1 is 1.56 bits per heavy atom. The molecule has 0 aliphatic heterocycles. The van der Waals surface area contributed by atoms with Crippen molar-refractivity contribution in [3.05, 3.63) is 34.8 Å². The fourth-order valence-electron chi connectivity index (χ4n) is 1.85. The van der Waals surface area contributed by atoms with Crippen LogP contribution in [0.5, 0.6) is 0 Å². The summed E-state index contributed by atoms with van der Waals surface area (Å²) < 4.78 is 7.20. The van der Waals surface area contributed by atoms with Crippen molar-refractivity contribution in [3.63, 3.8) is 0 Å². The summed E-state index contributed by atoms with van der Waals surface area (Å²) >= 11 is 1.77. The van der Waals surface area contributed by atoms with Crippen LogP contribution in [-0.4, -0.2) is 29.8 Å². The van der Waals surface area contributed by atoms with Gasteiger partial charge in [0.2, 0.25) is 5.95 Å². The molecule has 0 saturated carbocycles. The number of methoxy groups -OCH3 is 1. The molecule has 18 heavy (non-hydrogen) atoms. The first-order valence-corrected chi connectivity index (χ1v) is 7.00. The lowest BCUT2D eigenvalue weighted by Crippen LogP contribution is -2.12. The van der Waals surface area contributed by atoms with Crippen molar-refractivity contribution in [1.82, 2.24) is 9.55 Å². The summed E-state index contributed by atoms with van der Waals surface area (Å²) in [5.41, 5.74) is 0. The average molecular weight is 265 g/mol. The minimum atomic E-state index is 0.317. The Morgan fingerprint density at radius 3 is 3.17 bits per heavy atom. The van der Waals surface area contributed by atoms with E-state index in [1.54, 1.807) is 18.4 Å². The molecule has 1 unspecified atom stereocenters. The molecule has 2 aromatic rings. The van der Waals surface area contributed by atoms with E-state index in [0.717, 1.165) is 25.5 Å². The van der Waals surface area contributed by atoms with Gasteiger partial charge < -0.3 is 14.6 Å². The largest absolute Gasteiger partial charge is 0.385 e. The molecule has 2 aromatic heterocycles. The van der Waals surface area contributed by atoms with Crippen LogP contribution in [0, 0.1) is 0 Å². The molecule has 0 fully saturated rings. The van der Waals surface area contributed by atoms with Crippen LogP contribution in [0.3, 0.4) is 0 Å². The van der Waals surface area contributed by atoms with Gasteiger partial charge in [0.1, 0.15) is 0 Å². The number of hydrogen-bond acceptors (Lipinski definition) is 4. The Bertz CT molecular complexity index is 453. The molecule has 0 amide bonds. The van der Waals surface area contributed by atoms with Crippen LogP contribution in [0.2, 0.25) is 0 Å². The zero-order valence-electron chi connectivity index (χ0n) is 10.8. The highest BCUT2D eigenvalue weighted by atomic mass is 32.1. The van der Waals surface area contributed by atoms with Gasteiger partial charge in [-0.1, -0.05) is 6.07 Å². The lowest BCUT2D eigenvalue weighted by Gasteiger charge is -2.15. The number of aromatic nitrogens is 2. The van der Waals surface area contributed by atoms with Crippen LogP contribution in [0.1, 0.15) is 24.3 Å². The highest BCUT2D eigenvalue weighted by molar-refractivity contribution is 7.10. The number of nitrogens with one attached hydrogen (secondary N) is 1. The quantitative estimate of drug-likeness (QED) is 0.782. The monoisotopic (exact) mass is 265 g/mol. The summed E-state index contributed by atoms with van der Waals surface area (Å²) in [7, 11) is 1.72. The van der Waals surface area contributed by atoms with Gasteiger partial charge >= 0.3 is 0 Å². The minimum Gasteiger partial charge on any atom is -0.385 e. The molecule has 4 nitrogen and oxygen atoms in total.